The highest BCUT2D eigenvalue weighted by atomic mass is 15.2. The number of fused-ring (bicyclic) bond motifs is 1. The molecule has 3 atom stereocenters. The zero-order valence-electron chi connectivity index (χ0n) is 9.78. The monoisotopic (exact) mass is 206 g/mol. The Bertz CT molecular complexity index is 243. The molecule has 1 aliphatic carbocycles. The van der Waals surface area contributed by atoms with Gasteiger partial charge in [-0.2, -0.15) is 5.26 Å². The van der Waals surface area contributed by atoms with Gasteiger partial charge >= 0.3 is 0 Å². The van der Waals surface area contributed by atoms with Crippen LogP contribution in [0.2, 0.25) is 0 Å². The zero-order valence-corrected chi connectivity index (χ0v) is 9.78. The van der Waals surface area contributed by atoms with Gasteiger partial charge in [0.05, 0.1) is 12.5 Å². The van der Waals surface area contributed by atoms with Crippen molar-refractivity contribution in [2.24, 2.45) is 5.92 Å². The first-order valence-electron chi connectivity index (χ1n) is 6.49. The first kappa shape index (κ1) is 11.0. The molecule has 2 heteroatoms. The molecule has 84 valence electrons. The number of rotatable bonds is 3. The summed E-state index contributed by atoms with van der Waals surface area (Å²) < 4.78 is 0. The van der Waals surface area contributed by atoms with Gasteiger partial charge in [0, 0.05) is 12.1 Å². The van der Waals surface area contributed by atoms with E-state index in [9.17, 15) is 0 Å². The van der Waals surface area contributed by atoms with Crippen molar-refractivity contribution in [3.05, 3.63) is 0 Å². The van der Waals surface area contributed by atoms with Gasteiger partial charge in [0.1, 0.15) is 0 Å². The second-order valence-corrected chi connectivity index (χ2v) is 5.06. The third-order valence-electron chi connectivity index (χ3n) is 4.32. The quantitative estimate of drug-likeness (QED) is 0.710. The van der Waals surface area contributed by atoms with E-state index in [-0.39, 0.29) is 0 Å². The molecule has 0 aromatic rings. The molecular formula is C13H22N2. The van der Waals surface area contributed by atoms with Gasteiger partial charge in [0.25, 0.3) is 0 Å². The third kappa shape index (κ3) is 2.18. The Morgan fingerprint density at radius 1 is 1.33 bits per heavy atom. The molecule has 1 heterocycles. The summed E-state index contributed by atoms with van der Waals surface area (Å²) in [5.74, 6) is 0.950. The average molecular weight is 206 g/mol. The van der Waals surface area contributed by atoms with Crippen molar-refractivity contribution >= 4 is 0 Å². The summed E-state index contributed by atoms with van der Waals surface area (Å²) in [6.07, 6.45) is 8.89. The van der Waals surface area contributed by atoms with Crippen LogP contribution < -0.4 is 0 Å². The van der Waals surface area contributed by atoms with E-state index < -0.39 is 0 Å². The van der Waals surface area contributed by atoms with E-state index in [1.54, 1.807) is 0 Å². The minimum atomic E-state index is 0.531. The highest BCUT2D eigenvalue weighted by Crippen LogP contribution is 2.37. The Kier molecular flexibility index (Phi) is 3.64. The molecule has 0 N–H and O–H groups in total. The van der Waals surface area contributed by atoms with E-state index in [2.05, 4.69) is 17.9 Å². The van der Waals surface area contributed by atoms with Crippen molar-refractivity contribution in [2.45, 2.75) is 64.0 Å². The van der Waals surface area contributed by atoms with Crippen molar-refractivity contribution in [3.63, 3.8) is 0 Å². The molecule has 2 rings (SSSR count). The molecule has 2 fully saturated rings. The van der Waals surface area contributed by atoms with E-state index in [4.69, 9.17) is 5.26 Å². The molecule has 15 heavy (non-hydrogen) atoms. The van der Waals surface area contributed by atoms with Gasteiger partial charge in [-0.3, -0.25) is 4.90 Å². The minimum absolute atomic E-state index is 0.531. The molecule has 1 aliphatic heterocycles. The van der Waals surface area contributed by atoms with E-state index in [0.717, 1.165) is 24.8 Å². The molecule has 1 saturated carbocycles. The molecule has 0 aromatic heterocycles. The largest absolute Gasteiger partial charge is 0.296 e. The van der Waals surface area contributed by atoms with Crippen LogP contribution in [-0.4, -0.2) is 23.5 Å². The number of nitrogens with zero attached hydrogens (tertiary/aromatic N) is 2. The zero-order chi connectivity index (χ0) is 10.7. The number of hydrogen-bond donors (Lipinski definition) is 0. The lowest BCUT2D eigenvalue weighted by molar-refractivity contribution is 0.130. The molecule has 0 aromatic carbocycles. The molecule has 3 unspecified atom stereocenters. The van der Waals surface area contributed by atoms with Gasteiger partial charge in [-0.1, -0.05) is 19.8 Å². The fourth-order valence-corrected chi connectivity index (χ4v) is 3.50. The van der Waals surface area contributed by atoms with Crippen LogP contribution in [0.25, 0.3) is 0 Å². The van der Waals surface area contributed by atoms with Gasteiger partial charge in [-0.15, -0.1) is 0 Å². The number of hydrogen-bond acceptors (Lipinski definition) is 2. The van der Waals surface area contributed by atoms with Crippen molar-refractivity contribution in [1.82, 2.24) is 4.90 Å². The Balaban J connectivity index is 2.00. The van der Waals surface area contributed by atoms with Crippen LogP contribution in [0.15, 0.2) is 0 Å². The van der Waals surface area contributed by atoms with Gasteiger partial charge in [-0.25, -0.2) is 0 Å². The van der Waals surface area contributed by atoms with Crippen LogP contribution in [0.1, 0.15) is 51.9 Å². The maximum absolute atomic E-state index is 8.85. The molecule has 2 nitrogen and oxygen atoms in total. The fourth-order valence-electron chi connectivity index (χ4n) is 3.50. The van der Waals surface area contributed by atoms with Crippen LogP contribution in [-0.2, 0) is 0 Å². The summed E-state index contributed by atoms with van der Waals surface area (Å²) in [7, 11) is 0. The van der Waals surface area contributed by atoms with Gasteiger partial charge < -0.3 is 0 Å². The molecule has 0 bridgehead atoms. The predicted octanol–water partition coefficient (Wildman–Crippen LogP) is 2.94. The lowest BCUT2D eigenvalue weighted by Crippen LogP contribution is -2.41. The maximum Gasteiger partial charge on any atom is 0.0638 e. The lowest BCUT2D eigenvalue weighted by Gasteiger charge is -2.35. The van der Waals surface area contributed by atoms with Gasteiger partial charge in [0.2, 0.25) is 0 Å². The SMILES string of the molecule is CCC(CC#N)N1CCC2CCCCC21. The summed E-state index contributed by atoms with van der Waals surface area (Å²) in [6, 6.07) is 3.70. The summed E-state index contributed by atoms with van der Waals surface area (Å²) in [6.45, 7) is 3.47. The Hall–Kier alpha value is -0.550. The van der Waals surface area contributed by atoms with E-state index >= 15 is 0 Å². The molecule has 2 aliphatic rings. The fraction of sp³-hybridized carbons (Fsp3) is 0.923. The van der Waals surface area contributed by atoms with Crippen molar-refractivity contribution in [3.8, 4) is 6.07 Å². The van der Waals surface area contributed by atoms with Crippen molar-refractivity contribution in [1.29, 1.82) is 5.26 Å². The summed E-state index contributed by atoms with van der Waals surface area (Å²) in [5, 5.41) is 8.85. The number of nitriles is 1. The standard InChI is InChI=1S/C13H22N2/c1-2-12(7-9-14)15-10-8-11-5-3-4-6-13(11)15/h11-13H,2-8,10H2,1H3. The Morgan fingerprint density at radius 3 is 2.87 bits per heavy atom. The second-order valence-electron chi connectivity index (χ2n) is 5.06. The Morgan fingerprint density at radius 2 is 2.13 bits per heavy atom. The number of likely N-dealkylation sites (tertiary alicyclic amines) is 1. The topological polar surface area (TPSA) is 27.0 Å². The maximum atomic E-state index is 8.85. The van der Waals surface area contributed by atoms with Crippen LogP contribution in [0.3, 0.4) is 0 Å². The first-order chi connectivity index (χ1) is 7.36. The molecule has 1 saturated heterocycles. The summed E-state index contributed by atoms with van der Waals surface area (Å²) >= 11 is 0. The summed E-state index contributed by atoms with van der Waals surface area (Å²) in [5.41, 5.74) is 0. The van der Waals surface area contributed by atoms with E-state index in [0.29, 0.717) is 6.04 Å². The highest BCUT2D eigenvalue weighted by molar-refractivity contribution is 4.94. The highest BCUT2D eigenvalue weighted by Gasteiger charge is 2.38. The predicted molar refractivity (Wildman–Crippen MR) is 61.4 cm³/mol. The van der Waals surface area contributed by atoms with Crippen LogP contribution in [0.4, 0.5) is 0 Å². The van der Waals surface area contributed by atoms with Crippen molar-refractivity contribution < 1.29 is 0 Å². The first-order valence-corrected chi connectivity index (χ1v) is 6.49. The average Bonchev–Trinajstić information content (AvgIpc) is 2.70. The Labute approximate surface area is 93.3 Å². The molecule has 0 radical (unpaired) electrons. The third-order valence-corrected chi connectivity index (χ3v) is 4.32. The van der Waals surface area contributed by atoms with E-state index in [1.165, 1.54) is 38.6 Å². The second kappa shape index (κ2) is 4.99. The normalized spacial score (nSPS) is 33.3. The lowest BCUT2D eigenvalue weighted by atomic mass is 9.85. The van der Waals surface area contributed by atoms with Gasteiger partial charge in [-0.05, 0) is 38.1 Å². The van der Waals surface area contributed by atoms with E-state index in [1.807, 2.05) is 0 Å². The molecule has 0 spiro atoms. The minimum Gasteiger partial charge on any atom is -0.296 e. The van der Waals surface area contributed by atoms with Crippen molar-refractivity contribution in [2.75, 3.05) is 6.54 Å². The molecule has 0 amide bonds. The van der Waals surface area contributed by atoms with Gasteiger partial charge in [0.15, 0.2) is 0 Å². The molecular weight excluding hydrogens is 184 g/mol. The van der Waals surface area contributed by atoms with Crippen LogP contribution in [0, 0.1) is 17.2 Å². The van der Waals surface area contributed by atoms with Crippen LogP contribution in [0.5, 0.6) is 0 Å². The smallest absolute Gasteiger partial charge is 0.0638 e. The van der Waals surface area contributed by atoms with Crippen LogP contribution >= 0.6 is 0 Å². The summed E-state index contributed by atoms with van der Waals surface area (Å²) in [4.78, 5) is 2.65.